The van der Waals surface area contributed by atoms with Crippen LogP contribution in [-0.2, 0) is 11.8 Å². The first-order chi connectivity index (χ1) is 7.69. The van der Waals surface area contributed by atoms with Crippen molar-refractivity contribution in [3.8, 4) is 0 Å². The normalized spacial score (nSPS) is 13.3. The van der Waals surface area contributed by atoms with Crippen molar-refractivity contribution in [3.05, 3.63) is 17.5 Å². The maximum Gasteiger partial charge on any atom is 0.408 e. The highest BCUT2D eigenvalue weighted by atomic mass is 16.6. The van der Waals surface area contributed by atoms with Gasteiger partial charge in [-0.3, -0.25) is 4.68 Å². The number of aryl methyl sites for hydroxylation is 2. The Hall–Kier alpha value is -1.52. The predicted octanol–water partition coefficient (Wildman–Crippen LogP) is 2.31. The van der Waals surface area contributed by atoms with Crippen molar-refractivity contribution in [1.29, 1.82) is 0 Å². The SMILES string of the molecule is Cc1cn(C)nc1C(C)NC(=O)OC(C)(C)C. The summed E-state index contributed by atoms with van der Waals surface area (Å²) >= 11 is 0. The molecular weight excluding hydrogens is 218 g/mol. The topological polar surface area (TPSA) is 56.2 Å². The molecule has 0 radical (unpaired) electrons. The molecule has 0 spiro atoms. The number of carbonyl (C=O) groups is 1. The number of nitrogens with zero attached hydrogens (tertiary/aromatic N) is 2. The van der Waals surface area contributed by atoms with Crippen LogP contribution in [0.4, 0.5) is 4.79 Å². The second-order valence-corrected chi connectivity index (χ2v) is 5.24. The minimum Gasteiger partial charge on any atom is -0.444 e. The summed E-state index contributed by atoms with van der Waals surface area (Å²) in [5.74, 6) is 0. The summed E-state index contributed by atoms with van der Waals surface area (Å²) in [6, 6.07) is -0.161. The summed E-state index contributed by atoms with van der Waals surface area (Å²) in [5.41, 5.74) is 1.43. The summed E-state index contributed by atoms with van der Waals surface area (Å²) in [6.45, 7) is 9.37. The summed E-state index contributed by atoms with van der Waals surface area (Å²) in [4.78, 5) is 11.6. The highest BCUT2D eigenvalue weighted by molar-refractivity contribution is 5.68. The van der Waals surface area contributed by atoms with E-state index in [-0.39, 0.29) is 6.04 Å². The van der Waals surface area contributed by atoms with Gasteiger partial charge in [0, 0.05) is 13.2 Å². The molecule has 0 bridgehead atoms. The van der Waals surface area contributed by atoms with Crippen molar-refractivity contribution >= 4 is 6.09 Å². The zero-order valence-corrected chi connectivity index (χ0v) is 11.4. The molecule has 5 heteroatoms. The molecular formula is C12H21N3O2. The number of rotatable bonds is 2. The summed E-state index contributed by atoms with van der Waals surface area (Å²) in [6.07, 6.45) is 1.50. The van der Waals surface area contributed by atoms with Gasteiger partial charge in [-0.2, -0.15) is 5.10 Å². The van der Waals surface area contributed by atoms with E-state index < -0.39 is 11.7 Å². The molecule has 0 aromatic carbocycles. The molecule has 1 aromatic rings. The van der Waals surface area contributed by atoms with Gasteiger partial charge in [-0.15, -0.1) is 0 Å². The smallest absolute Gasteiger partial charge is 0.408 e. The van der Waals surface area contributed by atoms with Crippen LogP contribution in [0.1, 0.15) is 45.0 Å². The van der Waals surface area contributed by atoms with Crippen molar-refractivity contribution in [2.24, 2.45) is 7.05 Å². The molecule has 1 unspecified atom stereocenters. The van der Waals surface area contributed by atoms with Crippen LogP contribution in [0.5, 0.6) is 0 Å². The molecule has 5 nitrogen and oxygen atoms in total. The van der Waals surface area contributed by atoms with E-state index in [0.717, 1.165) is 11.3 Å². The first-order valence-electron chi connectivity index (χ1n) is 5.68. The highest BCUT2D eigenvalue weighted by Gasteiger charge is 2.20. The predicted molar refractivity (Wildman–Crippen MR) is 65.7 cm³/mol. The molecule has 0 fully saturated rings. The lowest BCUT2D eigenvalue weighted by Crippen LogP contribution is -2.34. The van der Waals surface area contributed by atoms with Crippen LogP contribution in [0.15, 0.2) is 6.20 Å². The Morgan fingerprint density at radius 1 is 1.53 bits per heavy atom. The second-order valence-electron chi connectivity index (χ2n) is 5.24. The van der Waals surface area contributed by atoms with Gasteiger partial charge in [-0.1, -0.05) is 0 Å². The summed E-state index contributed by atoms with van der Waals surface area (Å²) in [5, 5.41) is 7.08. The van der Waals surface area contributed by atoms with Gasteiger partial charge in [0.25, 0.3) is 0 Å². The van der Waals surface area contributed by atoms with Gasteiger partial charge in [0.05, 0.1) is 11.7 Å². The zero-order chi connectivity index (χ0) is 13.2. The van der Waals surface area contributed by atoms with E-state index in [1.165, 1.54) is 0 Å². The monoisotopic (exact) mass is 239 g/mol. The first kappa shape index (κ1) is 13.5. The fraction of sp³-hybridized carbons (Fsp3) is 0.667. The molecule has 0 saturated heterocycles. The van der Waals surface area contributed by atoms with E-state index in [1.807, 2.05) is 47.9 Å². The second kappa shape index (κ2) is 4.77. The number of amides is 1. The van der Waals surface area contributed by atoms with E-state index in [1.54, 1.807) is 4.68 Å². The Morgan fingerprint density at radius 2 is 2.12 bits per heavy atom. The highest BCUT2D eigenvalue weighted by Crippen LogP contribution is 2.15. The van der Waals surface area contributed by atoms with E-state index in [0.29, 0.717) is 0 Å². The average molecular weight is 239 g/mol. The lowest BCUT2D eigenvalue weighted by atomic mass is 10.1. The number of hydrogen-bond donors (Lipinski definition) is 1. The van der Waals surface area contributed by atoms with Crippen molar-refractivity contribution in [2.45, 2.75) is 46.3 Å². The summed E-state index contributed by atoms with van der Waals surface area (Å²) in [7, 11) is 1.86. The largest absolute Gasteiger partial charge is 0.444 e. The number of hydrogen-bond acceptors (Lipinski definition) is 3. The van der Waals surface area contributed by atoms with Gasteiger partial charge in [-0.25, -0.2) is 4.79 Å². The molecule has 1 heterocycles. The van der Waals surface area contributed by atoms with Crippen molar-refractivity contribution in [1.82, 2.24) is 15.1 Å². The Labute approximate surface area is 102 Å². The van der Waals surface area contributed by atoms with Gasteiger partial charge in [0.1, 0.15) is 5.60 Å². The van der Waals surface area contributed by atoms with E-state index in [9.17, 15) is 4.79 Å². The van der Waals surface area contributed by atoms with Crippen LogP contribution in [0.25, 0.3) is 0 Å². The third kappa shape index (κ3) is 4.09. The quantitative estimate of drug-likeness (QED) is 0.861. The minimum atomic E-state index is -0.483. The number of carbonyl (C=O) groups excluding carboxylic acids is 1. The van der Waals surface area contributed by atoms with E-state index >= 15 is 0 Å². The zero-order valence-electron chi connectivity index (χ0n) is 11.4. The summed E-state index contributed by atoms with van der Waals surface area (Å²) < 4.78 is 6.93. The van der Waals surface area contributed by atoms with Crippen LogP contribution in [0.2, 0.25) is 0 Å². The average Bonchev–Trinajstić information content (AvgIpc) is 2.41. The molecule has 1 rings (SSSR count). The fourth-order valence-electron chi connectivity index (χ4n) is 1.60. The molecule has 0 aliphatic heterocycles. The number of ether oxygens (including phenoxy) is 1. The van der Waals surface area contributed by atoms with E-state index in [4.69, 9.17) is 4.74 Å². The van der Waals surface area contributed by atoms with Crippen molar-refractivity contribution in [2.75, 3.05) is 0 Å². The number of nitrogens with one attached hydrogen (secondary N) is 1. The van der Waals surface area contributed by atoms with E-state index in [2.05, 4.69) is 10.4 Å². The van der Waals surface area contributed by atoms with Crippen LogP contribution in [-0.4, -0.2) is 21.5 Å². The molecule has 0 aliphatic carbocycles. The molecule has 1 aromatic heterocycles. The van der Waals surface area contributed by atoms with Crippen LogP contribution >= 0.6 is 0 Å². The standard InChI is InChI=1S/C12H21N3O2/c1-8-7-15(6)14-10(8)9(2)13-11(16)17-12(3,4)5/h7,9H,1-6H3,(H,13,16). The fourth-order valence-corrected chi connectivity index (χ4v) is 1.60. The van der Waals surface area contributed by atoms with Crippen LogP contribution in [0, 0.1) is 6.92 Å². The molecule has 96 valence electrons. The molecule has 1 atom stereocenters. The minimum absolute atomic E-state index is 0.161. The third-order valence-electron chi connectivity index (χ3n) is 2.19. The maximum atomic E-state index is 11.6. The van der Waals surface area contributed by atoms with Crippen molar-refractivity contribution in [3.63, 3.8) is 0 Å². The number of aromatic nitrogens is 2. The van der Waals surface area contributed by atoms with Gasteiger partial charge < -0.3 is 10.1 Å². The third-order valence-corrected chi connectivity index (χ3v) is 2.19. The Balaban J connectivity index is 2.64. The van der Waals surface area contributed by atoms with Crippen LogP contribution in [0.3, 0.4) is 0 Å². The Bertz CT molecular complexity index is 404. The molecule has 1 N–H and O–H groups in total. The van der Waals surface area contributed by atoms with Crippen LogP contribution < -0.4 is 5.32 Å². The maximum absolute atomic E-state index is 11.6. The molecule has 17 heavy (non-hydrogen) atoms. The van der Waals surface area contributed by atoms with Gasteiger partial charge in [0.15, 0.2) is 0 Å². The van der Waals surface area contributed by atoms with Gasteiger partial charge in [0.2, 0.25) is 0 Å². The lowest BCUT2D eigenvalue weighted by Gasteiger charge is -2.21. The Kier molecular flexibility index (Phi) is 3.80. The van der Waals surface area contributed by atoms with Crippen molar-refractivity contribution < 1.29 is 9.53 Å². The Morgan fingerprint density at radius 3 is 2.53 bits per heavy atom. The van der Waals surface area contributed by atoms with Gasteiger partial charge >= 0.3 is 6.09 Å². The molecule has 0 saturated carbocycles. The molecule has 1 amide bonds. The van der Waals surface area contributed by atoms with Gasteiger partial charge in [-0.05, 0) is 40.2 Å². The lowest BCUT2D eigenvalue weighted by molar-refractivity contribution is 0.0506. The first-order valence-corrected chi connectivity index (χ1v) is 5.68. The molecule has 0 aliphatic rings. The number of alkyl carbamates (subject to hydrolysis) is 1.